The Balaban J connectivity index is 1.90. The SMILES string of the molecule is CN(/N=C/c1ccc(Br)cc1)C1=NS(=O)(=O)c2ccccc21. The van der Waals surface area contributed by atoms with E-state index in [1.165, 1.54) is 5.01 Å². The van der Waals surface area contributed by atoms with E-state index in [0.29, 0.717) is 11.4 Å². The molecule has 0 saturated carbocycles. The van der Waals surface area contributed by atoms with Gasteiger partial charge in [-0.1, -0.05) is 40.2 Å². The van der Waals surface area contributed by atoms with Crippen LogP contribution in [0.2, 0.25) is 0 Å². The van der Waals surface area contributed by atoms with Crippen LogP contribution in [-0.2, 0) is 10.0 Å². The van der Waals surface area contributed by atoms with Gasteiger partial charge in [0.1, 0.15) is 4.90 Å². The Bertz CT molecular complexity index is 874. The predicted molar refractivity (Wildman–Crippen MR) is 89.7 cm³/mol. The lowest BCUT2D eigenvalue weighted by atomic mass is 10.2. The van der Waals surface area contributed by atoms with Crippen molar-refractivity contribution in [1.82, 2.24) is 5.01 Å². The monoisotopic (exact) mass is 377 g/mol. The van der Waals surface area contributed by atoms with Crippen molar-refractivity contribution in [3.8, 4) is 0 Å². The van der Waals surface area contributed by atoms with Crippen LogP contribution in [0.1, 0.15) is 11.1 Å². The minimum atomic E-state index is -3.62. The van der Waals surface area contributed by atoms with Gasteiger partial charge in [-0.05, 0) is 29.8 Å². The van der Waals surface area contributed by atoms with E-state index >= 15 is 0 Å². The van der Waals surface area contributed by atoms with Crippen molar-refractivity contribution < 1.29 is 8.42 Å². The quantitative estimate of drug-likeness (QED) is 0.597. The third-order valence-electron chi connectivity index (χ3n) is 3.17. The number of rotatable bonds is 2. The summed E-state index contributed by atoms with van der Waals surface area (Å²) in [6.07, 6.45) is 1.66. The molecule has 2 aromatic rings. The minimum absolute atomic E-state index is 0.218. The third-order valence-corrected chi connectivity index (χ3v) is 5.02. The van der Waals surface area contributed by atoms with Gasteiger partial charge >= 0.3 is 0 Å². The number of halogens is 1. The summed E-state index contributed by atoms with van der Waals surface area (Å²) in [5.74, 6) is 0.323. The zero-order chi connectivity index (χ0) is 15.7. The highest BCUT2D eigenvalue weighted by Gasteiger charge is 2.30. The molecule has 0 saturated heterocycles. The second-order valence-electron chi connectivity index (χ2n) is 4.71. The highest BCUT2D eigenvalue weighted by atomic mass is 79.9. The molecule has 0 aliphatic carbocycles. The van der Waals surface area contributed by atoms with Crippen LogP contribution in [0.25, 0.3) is 0 Å². The lowest BCUT2D eigenvalue weighted by Gasteiger charge is -2.12. The molecule has 0 atom stereocenters. The van der Waals surface area contributed by atoms with Crippen molar-refractivity contribution >= 4 is 38.0 Å². The van der Waals surface area contributed by atoms with Crippen molar-refractivity contribution in [2.75, 3.05) is 7.05 Å². The number of sulfonamides is 1. The lowest BCUT2D eigenvalue weighted by Crippen LogP contribution is -2.21. The standard InChI is InChI=1S/C15H12BrN3O2S/c1-19(17-10-11-6-8-12(16)9-7-11)15-13-4-2-3-5-14(13)22(20,21)18-15/h2-10H,1H3/b17-10+. The Morgan fingerprint density at radius 1 is 1.14 bits per heavy atom. The molecule has 22 heavy (non-hydrogen) atoms. The molecule has 0 fully saturated rings. The summed E-state index contributed by atoms with van der Waals surface area (Å²) >= 11 is 3.37. The first-order valence-electron chi connectivity index (χ1n) is 6.45. The largest absolute Gasteiger partial charge is 0.285 e. The zero-order valence-electron chi connectivity index (χ0n) is 11.6. The highest BCUT2D eigenvalue weighted by molar-refractivity contribution is 9.10. The van der Waals surface area contributed by atoms with Crippen LogP contribution >= 0.6 is 15.9 Å². The summed E-state index contributed by atoms with van der Waals surface area (Å²) in [4.78, 5) is 0.218. The topological polar surface area (TPSA) is 62.1 Å². The number of hydrogen-bond acceptors (Lipinski definition) is 4. The summed E-state index contributed by atoms with van der Waals surface area (Å²) in [5.41, 5.74) is 1.47. The fourth-order valence-corrected chi connectivity index (χ4v) is 3.57. The maximum atomic E-state index is 12.0. The highest BCUT2D eigenvalue weighted by Crippen LogP contribution is 2.26. The molecule has 7 heteroatoms. The van der Waals surface area contributed by atoms with Gasteiger partial charge in [0, 0.05) is 17.1 Å². The summed E-state index contributed by atoms with van der Waals surface area (Å²) in [7, 11) is -1.95. The van der Waals surface area contributed by atoms with E-state index in [4.69, 9.17) is 0 Å². The Labute approximate surface area is 137 Å². The number of nitrogens with zero attached hydrogens (tertiary/aromatic N) is 3. The number of fused-ring (bicyclic) bond motifs is 1. The van der Waals surface area contributed by atoms with E-state index in [2.05, 4.69) is 25.4 Å². The van der Waals surface area contributed by atoms with Crippen LogP contribution < -0.4 is 0 Å². The predicted octanol–water partition coefficient (Wildman–Crippen LogP) is 2.86. The Kier molecular flexibility index (Phi) is 3.84. The van der Waals surface area contributed by atoms with Gasteiger partial charge in [0.15, 0.2) is 5.84 Å². The molecular formula is C15H12BrN3O2S. The van der Waals surface area contributed by atoms with Crippen LogP contribution in [0.5, 0.6) is 0 Å². The molecular weight excluding hydrogens is 366 g/mol. The fraction of sp³-hybridized carbons (Fsp3) is 0.0667. The first-order chi connectivity index (χ1) is 10.5. The average molecular weight is 378 g/mol. The van der Waals surface area contributed by atoms with Crippen molar-refractivity contribution in [3.63, 3.8) is 0 Å². The van der Waals surface area contributed by atoms with Gasteiger partial charge in [-0.2, -0.15) is 13.5 Å². The number of benzene rings is 2. The molecule has 0 radical (unpaired) electrons. The van der Waals surface area contributed by atoms with Gasteiger partial charge in [0.2, 0.25) is 0 Å². The minimum Gasteiger partial charge on any atom is -0.250 e. The van der Waals surface area contributed by atoms with E-state index in [-0.39, 0.29) is 4.90 Å². The van der Waals surface area contributed by atoms with Gasteiger partial charge in [0.05, 0.1) is 6.21 Å². The molecule has 0 spiro atoms. The number of amidine groups is 1. The lowest BCUT2D eigenvalue weighted by molar-refractivity contribution is 0.549. The summed E-state index contributed by atoms with van der Waals surface area (Å²) < 4.78 is 28.8. The molecule has 112 valence electrons. The molecule has 2 aromatic carbocycles. The Hall–Kier alpha value is -1.99. The smallest absolute Gasteiger partial charge is 0.250 e. The van der Waals surface area contributed by atoms with E-state index in [1.54, 1.807) is 37.5 Å². The van der Waals surface area contributed by atoms with E-state index in [9.17, 15) is 8.42 Å². The second-order valence-corrected chi connectivity index (χ2v) is 7.19. The second kappa shape index (κ2) is 5.66. The third kappa shape index (κ3) is 2.82. The van der Waals surface area contributed by atoms with Crippen molar-refractivity contribution in [3.05, 3.63) is 64.1 Å². The van der Waals surface area contributed by atoms with Crippen molar-refractivity contribution in [2.24, 2.45) is 9.50 Å². The van der Waals surface area contributed by atoms with Gasteiger partial charge < -0.3 is 0 Å². The summed E-state index contributed by atoms with van der Waals surface area (Å²) in [5, 5.41) is 5.73. The molecule has 0 amide bonds. The maximum absolute atomic E-state index is 12.0. The van der Waals surface area contributed by atoms with Gasteiger partial charge in [-0.15, -0.1) is 4.40 Å². The summed E-state index contributed by atoms with van der Waals surface area (Å²) in [6.45, 7) is 0. The normalized spacial score (nSPS) is 15.6. The maximum Gasteiger partial charge on any atom is 0.285 e. The van der Waals surface area contributed by atoms with E-state index in [0.717, 1.165) is 10.0 Å². The van der Waals surface area contributed by atoms with E-state index < -0.39 is 10.0 Å². The van der Waals surface area contributed by atoms with Gasteiger partial charge in [-0.3, -0.25) is 0 Å². The van der Waals surface area contributed by atoms with Crippen LogP contribution in [0.15, 0.2) is 67.4 Å². The van der Waals surface area contributed by atoms with Crippen molar-refractivity contribution in [2.45, 2.75) is 4.90 Å². The van der Waals surface area contributed by atoms with Gasteiger partial charge in [-0.25, -0.2) is 5.01 Å². The van der Waals surface area contributed by atoms with E-state index in [1.807, 2.05) is 24.3 Å². The Morgan fingerprint density at radius 2 is 1.82 bits per heavy atom. The van der Waals surface area contributed by atoms with Crippen LogP contribution in [0.4, 0.5) is 0 Å². The number of hydrogen-bond donors (Lipinski definition) is 0. The molecule has 1 aliphatic heterocycles. The van der Waals surface area contributed by atoms with Crippen LogP contribution in [-0.4, -0.2) is 32.5 Å². The van der Waals surface area contributed by atoms with Crippen molar-refractivity contribution in [1.29, 1.82) is 0 Å². The fourth-order valence-electron chi connectivity index (χ4n) is 2.08. The molecule has 0 aromatic heterocycles. The van der Waals surface area contributed by atoms with Crippen LogP contribution in [0, 0.1) is 0 Å². The average Bonchev–Trinajstić information content (AvgIpc) is 2.79. The zero-order valence-corrected chi connectivity index (χ0v) is 14.0. The number of hydrazone groups is 1. The molecule has 5 nitrogen and oxygen atoms in total. The molecule has 1 aliphatic rings. The molecule has 0 bridgehead atoms. The first kappa shape index (κ1) is 14.9. The molecule has 0 unspecified atom stereocenters. The van der Waals surface area contributed by atoms with Crippen LogP contribution in [0.3, 0.4) is 0 Å². The molecule has 0 N–H and O–H groups in total. The Morgan fingerprint density at radius 3 is 2.55 bits per heavy atom. The first-order valence-corrected chi connectivity index (χ1v) is 8.68. The molecule has 3 rings (SSSR count). The summed E-state index contributed by atoms with van der Waals surface area (Å²) in [6, 6.07) is 14.4. The molecule has 1 heterocycles. The van der Waals surface area contributed by atoms with Gasteiger partial charge in [0.25, 0.3) is 10.0 Å².